The first-order valence-electron chi connectivity index (χ1n) is 8.79. The molecule has 0 aliphatic carbocycles. The Morgan fingerprint density at radius 3 is 2.33 bits per heavy atom. The average molecular weight is 371 g/mol. The molecule has 0 fully saturated rings. The average Bonchev–Trinajstić information content (AvgIpc) is 2.67. The molecular weight excluding hydrogens is 346 g/mol. The normalized spacial score (nSPS) is 10.2. The minimum atomic E-state index is -0.582. The van der Waals surface area contributed by atoms with E-state index in [1.54, 1.807) is 13.1 Å². The summed E-state index contributed by atoms with van der Waals surface area (Å²) in [7, 11) is 1.66. The van der Waals surface area contributed by atoms with E-state index >= 15 is 0 Å². The fourth-order valence-corrected chi connectivity index (χ4v) is 2.37. The summed E-state index contributed by atoms with van der Waals surface area (Å²) in [5.41, 5.74) is 1.89. The van der Waals surface area contributed by atoms with Gasteiger partial charge in [-0.1, -0.05) is 30.3 Å². The van der Waals surface area contributed by atoms with Gasteiger partial charge in [-0.3, -0.25) is 4.79 Å². The van der Waals surface area contributed by atoms with Crippen LogP contribution in [-0.4, -0.2) is 43.6 Å². The molecule has 0 radical (unpaired) electrons. The predicted molar refractivity (Wildman–Crippen MR) is 102 cm³/mol. The molecule has 0 bridgehead atoms. The Bertz CT molecular complexity index is 757. The van der Waals surface area contributed by atoms with E-state index < -0.39 is 5.97 Å². The number of carbonyl (C=O) groups excluding carboxylic acids is 2. The molecule has 0 aliphatic heterocycles. The third-order valence-electron chi connectivity index (χ3n) is 3.88. The van der Waals surface area contributed by atoms with Gasteiger partial charge in [-0.15, -0.1) is 0 Å². The zero-order chi connectivity index (χ0) is 19.6. The van der Waals surface area contributed by atoms with Gasteiger partial charge in [0.1, 0.15) is 11.5 Å². The number of esters is 1. The van der Waals surface area contributed by atoms with Crippen molar-refractivity contribution in [1.29, 1.82) is 0 Å². The lowest BCUT2D eigenvalue weighted by Crippen LogP contribution is -2.31. The van der Waals surface area contributed by atoms with E-state index in [4.69, 9.17) is 14.2 Å². The van der Waals surface area contributed by atoms with E-state index in [-0.39, 0.29) is 19.1 Å². The molecule has 0 atom stereocenters. The number of likely N-dealkylation sites (N-methyl/N-ethyl adjacent to an activating group) is 1. The molecule has 0 aromatic heterocycles. The van der Waals surface area contributed by atoms with Gasteiger partial charge in [0.15, 0.2) is 13.2 Å². The van der Waals surface area contributed by atoms with Gasteiger partial charge in [0.2, 0.25) is 0 Å². The summed E-state index contributed by atoms with van der Waals surface area (Å²) in [5, 5.41) is 0. The second-order valence-corrected chi connectivity index (χ2v) is 6.04. The van der Waals surface area contributed by atoms with Crippen molar-refractivity contribution in [3.05, 3.63) is 59.7 Å². The van der Waals surface area contributed by atoms with Gasteiger partial charge in [-0.05, 0) is 43.2 Å². The fourth-order valence-electron chi connectivity index (χ4n) is 2.37. The van der Waals surface area contributed by atoms with Crippen LogP contribution in [0, 0.1) is 6.92 Å². The highest BCUT2D eigenvalue weighted by Gasteiger charge is 2.13. The Morgan fingerprint density at radius 1 is 0.963 bits per heavy atom. The number of hydrogen-bond donors (Lipinski definition) is 0. The zero-order valence-corrected chi connectivity index (χ0v) is 15.9. The van der Waals surface area contributed by atoms with Crippen molar-refractivity contribution in [2.75, 3.05) is 26.9 Å². The number of carbonyl (C=O) groups is 2. The second-order valence-electron chi connectivity index (χ2n) is 6.04. The van der Waals surface area contributed by atoms with E-state index in [2.05, 4.69) is 0 Å². The first kappa shape index (κ1) is 20.3. The summed E-state index contributed by atoms with van der Waals surface area (Å²) < 4.78 is 15.8. The van der Waals surface area contributed by atoms with E-state index in [9.17, 15) is 9.59 Å². The molecule has 0 heterocycles. The summed E-state index contributed by atoms with van der Waals surface area (Å²) in [6, 6.07) is 14.9. The number of ether oxygens (including phenoxy) is 3. The van der Waals surface area contributed by atoms with E-state index in [0.29, 0.717) is 18.9 Å². The van der Waals surface area contributed by atoms with Crippen LogP contribution in [0.3, 0.4) is 0 Å². The second kappa shape index (κ2) is 10.2. The van der Waals surface area contributed by atoms with Crippen LogP contribution >= 0.6 is 0 Å². The molecule has 0 N–H and O–H groups in total. The van der Waals surface area contributed by atoms with Crippen molar-refractivity contribution in [3.63, 3.8) is 0 Å². The predicted octanol–water partition coefficient (Wildman–Crippen LogP) is 2.97. The summed E-state index contributed by atoms with van der Waals surface area (Å²) in [6.45, 7) is 4.29. The molecule has 0 saturated heterocycles. The van der Waals surface area contributed by atoms with Gasteiger partial charge in [0.05, 0.1) is 6.61 Å². The Morgan fingerprint density at radius 2 is 1.67 bits per heavy atom. The summed E-state index contributed by atoms with van der Waals surface area (Å²) >= 11 is 0. The molecule has 1 amide bonds. The molecule has 144 valence electrons. The van der Waals surface area contributed by atoms with Gasteiger partial charge < -0.3 is 19.1 Å². The number of benzene rings is 2. The van der Waals surface area contributed by atoms with Crippen molar-refractivity contribution >= 4 is 11.9 Å². The van der Waals surface area contributed by atoms with Gasteiger partial charge in [-0.25, -0.2) is 4.79 Å². The first-order chi connectivity index (χ1) is 13.0. The molecule has 0 spiro atoms. The standard InChI is InChI=1S/C21H25NO5/c1-4-25-18-11-9-17(10-12-18)13-22(3)20(23)14-27-21(24)15-26-19-8-6-5-7-16(19)2/h5-12H,4,13-15H2,1-3H3. The van der Waals surface area contributed by atoms with Crippen LogP contribution in [0.1, 0.15) is 18.1 Å². The zero-order valence-electron chi connectivity index (χ0n) is 15.9. The number of nitrogens with zero attached hydrogens (tertiary/aromatic N) is 1. The largest absolute Gasteiger partial charge is 0.494 e. The van der Waals surface area contributed by atoms with Gasteiger partial charge in [-0.2, -0.15) is 0 Å². The number of aryl methyl sites for hydroxylation is 1. The molecule has 2 aromatic rings. The SMILES string of the molecule is CCOc1ccc(CN(C)C(=O)COC(=O)COc2ccccc2C)cc1. The number of amides is 1. The van der Waals surface area contributed by atoms with Crippen LogP contribution < -0.4 is 9.47 Å². The van der Waals surface area contributed by atoms with Crippen molar-refractivity contribution in [2.45, 2.75) is 20.4 Å². The lowest BCUT2D eigenvalue weighted by molar-refractivity contribution is -0.153. The molecule has 27 heavy (non-hydrogen) atoms. The topological polar surface area (TPSA) is 65.1 Å². The van der Waals surface area contributed by atoms with Crippen LogP contribution in [0.4, 0.5) is 0 Å². The van der Waals surface area contributed by atoms with Gasteiger partial charge in [0, 0.05) is 13.6 Å². The summed E-state index contributed by atoms with van der Waals surface area (Å²) in [4.78, 5) is 25.4. The Balaban J connectivity index is 1.73. The van der Waals surface area contributed by atoms with Crippen molar-refractivity contribution in [1.82, 2.24) is 4.90 Å². The van der Waals surface area contributed by atoms with Crippen molar-refractivity contribution in [2.24, 2.45) is 0 Å². The smallest absolute Gasteiger partial charge is 0.344 e. The summed E-state index contributed by atoms with van der Waals surface area (Å²) in [5.74, 6) is 0.542. The van der Waals surface area contributed by atoms with Crippen molar-refractivity contribution in [3.8, 4) is 11.5 Å². The minimum Gasteiger partial charge on any atom is -0.494 e. The number of para-hydroxylation sites is 1. The third-order valence-corrected chi connectivity index (χ3v) is 3.88. The maximum Gasteiger partial charge on any atom is 0.344 e. The molecule has 6 heteroatoms. The maximum absolute atomic E-state index is 12.1. The lowest BCUT2D eigenvalue weighted by atomic mass is 10.2. The van der Waals surface area contributed by atoms with Crippen LogP contribution in [0.25, 0.3) is 0 Å². The Labute approximate surface area is 159 Å². The molecule has 6 nitrogen and oxygen atoms in total. The van der Waals surface area contributed by atoms with E-state index in [1.807, 2.05) is 56.3 Å². The molecule has 2 aromatic carbocycles. The monoisotopic (exact) mass is 371 g/mol. The molecule has 0 saturated carbocycles. The first-order valence-corrected chi connectivity index (χ1v) is 8.79. The molecule has 2 rings (SSSR count). The third kappa shape index (κ3) is 6.66. The van der Waals surface area contributed by atoms with Crippen LogP contribution in [0.2, 0.25) is 0 Å². The van der Waals surface area contributed by atoms with E-state index in [1.165, 1.54) is 4.90 Å². The van der Waals surface area contributed by atoms with Crippen LogP contribution in [0.5, 0.6) is 11.5 Å². The summed E-state index contributed by atoms with van der Waals surface area (Å²) in [6.07, 6.45) is 0. The van der Waals surface area contributed by atoms with Crippen LogP contribution in [0.15, 0.2) is 48.5 Å². The molecule has 0 unspecified atom stereocenters. The van der Waals surface area contributed by atoms with Crippen LogP contribution in [-0.2, 0) is 20.9 Å². The minimum absolute atomic E-state index is 0.235. The number of hydrogen-bond acceptors (Lipinski definition) is 5. The Kier molecular flexibility index (Phi) is 7.67. The van der Waals surface area contributed by atoms with Gasteiger partial charge in [0.25, 0.3) is 5.91 Å². The highest BCUT2D eigenvalue weighted by Crippen LogP contribution is 2.16. The highest BCUT2D eigenvalue weighted by atomic mass is 16.6. The quantitative estimate of drug-likeness (QED) is 0.634. The molecular formula is C21H25NO5. The highest BCUT2D eigenvalue weighted by molar-refractivity contribution is 5.80. The molecule has 0 aliphatic rings. The van der Waals surface area contributed by atoms with Gasteiger partial charge >= 0.3 is 5.97 Å². The Hall–Kier alpha value is -3.02. The van der Waals surface area contributed by atoms with E-state index in [0.717, 1.165) is 16.9 Å². The number of rotatable bonds is 9. The lowest BCUT2D eigenvalue weighted by Gasteiger charge is -2.17. The maximum atomic E-state index is 12.1. The van der Waals surface area contributed by atoms with Crippen molar-refractivity contribution < 1.29 is 23.8 Å². The fraction of sp³-hybridized carbons (Fsp3) is 0.333.